The molecular formula is C13H22O4S. The first kappa shape index (κ1) is 12.9. The molecular weight excluding hydrogens is 252 g/mol. The Hall–Kier alpha value is -0.130. The van der Waals surface area contributed by atoms with Crippen LogP contribution in [0, 0.1) is 17.3 Å². The Labute approximate surface area is 109 Å². The third kappa shape index (κ3) is 1.09. The molecule has 0 aliphatic carbocycles. The van der Waals surface area contributed by atoms with E-state index < -0.39 is 21.0 Å². The minimum atomic E-state index is -3.45. The molecule has 4 unspecified atom stereocenters. The van der Waals surface area contributed by atoms with Crippen molar-refractivity contribution in [2.24, 2.45) is 17.3 Å². The van der Waals surface area contributed by atoms with Crippen LogP contribution in [0.25, 0.3) is 0 Å². The zero-order chi connectivity index (χ0) is 13.5. The van der Waals surface area contributed by atoms with Gasteiger partial charge in [-0.1, -0.05) is 27.7 Å². The van der Waals surface area contributed by atoms with E-state index in [0.29, 0.717) is 18.3 Å². The summed E-state index contributed by atoms with van der Waals surface area (Å²) in [6.45, 7) is 10.5. The van der Waals surface area contributed by atoms with Crippen molar-refractivity contribution in [3.63, 3.8) is 0 Å². The summed E-state index contributed by atoms with van der Waals surface area (Å²) >= 11 is 0. The van der Waals surface area contributed by atoms with Crippen molar-refractivity contribution in [3.05, 3.63) is 0 Å². The van der Waals surface area contributed by atoms with Crippen LogP contribution in [-0.4, -0.2) is 31.5 Å². The lowest BCUT2D eigenvalue weighted by Gasteiger charge is -2.50. The van der Waals surface area contributed by atoms with Gasteiger partial charge in [-0.25, -0.2) is 0 Å². The predicted octanol–water partition coefficient (Wildman–Crippen LogP) is 1.94. The average molecular weight is 274 g/mol. The van der Waals surface area contributed by atoms with Gasteiger partial charge < -0.3 is 4.74 Å². The van der Waals surface area contributed by atoms with Crippen LogP contribution in [0.4, 0.5) is 0 Å². The summed E-state index contributed by atoms with van der Waals surface area (Å²) < 4.78 is 35.9. The maximum absolute atomic E-state index is 12.1. The number of fused-ring (bicyclic) bond motifs is 1. The van der Waals surface area contributed by atoms with Crippen LogP contribution in [-0.2, 0) is 19.0 Å². The Bertz CT molecular complexity index is 473. The largest absolute Gasteiger partial charge is 0.370 e. The normalized spacial score (nSPS) is 47.4. The van der Waals surface area contributed by atoms with Crippen molar-refractivity contribution in [2.45, 2.75) is 64.1 Å². The van der Waals surface area contributed by atoms with Gasteiger partial charge in [0.25, 0.3) is 10.1 Å². The Morgan fingerprint density at radius 3 is 2.22 bits per heavy atom. The highest BCUT2D eigenvalue weighted by atomic mass is 32.2. The molecule has 0 saturated carbocycles. The molecule has 0 N–H and O–H groups in total. The molecule has 4 atom stereocenters. The van der Waals surface area contributed by atoms with Crippen molar-refractivity contribution in [2.75, 3.05) is 0 Å². The van der Waals surface area contributed by atoms with Gasteiger partial charge in [0.1, 0.15) is 17.0 Å². The Morgan fingerprint density at radius 2 is 1.72 bits per heavy atom. The highest BCUT2D eigenvalue weighted by Gasteiger charge is 2.79. The maximum atomic E-state index is 12.1. The molecule has 3 rings (SSSR count). The van der Waals surface area contributed by atoms with E-state index in [-0.39, 0.29) is 17.6 Å². The lowest BCUT2D eigenvalue weighted by atomic mass is 9.53. The van der Waals surface area contributed by atoms with Crippen molar-refractivity contribution in [3.8, 4) is 0 Å². The third-order valence-corrected chi connectivity index (χ3v) is 7.36. The molecule has 0 spiro atoms. The van der Waals surface area contributed by atoms with E-state index in [0.717, 1.165) is 0 Å². The van der Waals surface area contributed by atoms with Gasteiger partial charge in [-0.2, -0.15) is 8.42 Å². The third-order valence-electron chi connectivity index (χ3n) is 5.60. The van der Waals surface area contributed by atoms with Crippen LogP contribution >= 0.6 is 0 Å². The smallest absolute Gasteiger partial charge is 0.273 e. The molecule has 0 aromatic carbocycles. The minimum Gasteiger partial charge on any atom is -0.370 e. The van der Waals surface area contributed by atoms with E-state index in [1.807, 2.05) is 6.92 Å². The van der Waals surface area contributed by atoms with Gasteiger partial charge in [0.15, 0.2) is 0 Å². The zero-order valence-corrected chi connectivity index (χ0v) is 12.5. The van der Waals surface area contributed by atoms with Crippen molar-refractivity contribution in [1.82, 2.24) is 0 Å². The first-order valence-corrected chi connectivity index (χ1v) is 8.25. The molecule has 2 bridgehead atoms. The monoisotopic (exact) mass is 274 g/mol. The Balaban J connectivity index is 2.21. The van der Waals surface area contributed by atoms with Crippen LogP contribution in [0.1, 0.15) is 41.0 Å². The lowest BCUT2D eigenvalue weighted by Crippen LogP contribution is -2.59. The standard InChI is InChI=1S/C13H22O4S/c1-7(2)13(8(3)4)10-6-9-11(16-10)12(13,5)17-18(9,14)15/h7-11H,6H2,1-5H3. The van der Waals surface area contributed by atoms with E-state index in [9.17, 15) is 8.42 Å². The average Bonchev–Trinajstić information content (AvgIpc) is 2.73. The van der Waals surface area contributed by atoms with Crippen molar-refractivity contribution < 1.29 is 17.3 Å². The zero-order valence-electron chi connectivity index (χ0n) is 11.6. The molecule has 5 heteroatoms. The van der Waals surface area contributed by atoms with E-state index in [4.69, 9.17) is 8.92 Å². The van der Waals surface area contributed by atoms with Crippen molar-refractivity contribution in [1.29, 1.82) is 0 Å². The minimum absolute atomic E-state index is 0.00905. The summed E-state index contributed by atoms with van der Waals surface area (Å²) in [5.41, 5.74) is -0.903. The predicted molar refractivity (Wildman–Crippen MR) is 67.6 cm³/mol. The molecule has 0 aromatic heterocycles. The molecule has 3 aliphatic rings. The second kappa shape index (κ2) is 3.30. The van der Waals surface area contributed by atoms with Gasteiger partial charge in [0.05, 0.1) is 6.10 Å². The van der Waals surface area contributed by atoms with Crippen LogP contribution in [0.5, 0.6) is 0 Å². The SMILES string of the molecule is CC(C)C1(C(C)C)C2CC3C(O2)C1(C)OS3(=O)=O. The van der Waals surface area contributed by atoms with Gasteiger partial charge in [-0.3, -0.25) is 4.18 Å². The first-order chi connectivity index (χ1) is 8.18. The van der Waals surface area contributed by atoms with Gasteiger partial charge in [0, 0.05) is 5.41 Å². The molecule has 18 heavy (non-hydrogen) atoms. The number of hydrogen-bond donors (Lipinski definition) is 0. The summed E-state index contributed by atoms with van der Waals surface area (Å²) in [5.74, 6) is 0.651. The van der Waals surface area contributed by atoms with Gasteiger partial charge in [-0.15, -0.1) is 0 Å². The van der Waals surface area contributed by atoms with Crippen LogP contribution in [0.3, 0.4) is 0 Å². The van der Waals surface area contributed by atoms with E-state index in [2.05, 4.69) is 27.7 Å². The van der Waals surface area contributed by atoms with E-state index in [1.54, 1.807) is 0 Å². The molecule has 0 aromatic rings. The van der Waals surface area contributed by atoms with Crippen molar-refractivity contribution >= 4 is 10.1 Å². The molecule has 3 fully saturated rings. The molecule has 3 heterocycles. The summed E-state index contributed by atoms with van der Waals surface area (Å²) in [6.07, 6.45) is 0.325. The summed E-state index contributed by atoms with van der Waals surface area (Å²) in [5, 5.41) is -0.446. The number of ether oxygens (including phenoxy) is 1. The molecule has 4 nitrogen and oxygen atoms in total. The second-order valence-electron chi connectivity index (χ2n) is 6.75. The van der Waals surface area contributed by atoms with Gasteiger partial charge in [-0.05, 0) is 25.2 Å². The summed E-state index contributed by atoms with van der Waals surface area (Å²) in [7, 11) is -3.45. The molecule has 104 valence electrons. The maximum Gasteiger partial charge on any atom is 0.273 e. The van der Waals surface area contributed by atoms with Gasteiger partial charge >= 0.3 is 0 Å². The molecule has 3 aliphatic heterocycles. The van der Waals surface area contributed by atoms with Crippen LogP contribution in [0.2, 0.25) is 0 Å². The lowest BCUT2D eigenvalue weighted by molar-refractivity contribution is -0.0910. The number of hydrogen-bond acceptors (Lipinski definition) is 4. The Kier molecular flexibility index (Phi) is 2.36. The second-order valence-corrected chi connectivity index (χ2v) is 8.50. The highest BCUT2D eigenvalue weighted by molar-refractivity contribution is 7.87. The fraction of sp³-hybridized carbons (Fsp3) is 1.00. The number of rotatable bonds is 2. The first-order valence-electron chi connectivity index (χ1n) is 6.78. The summed E-state index contributed by atoms with van der Waals surface area (Å²) in [4.78, 5) is 0. The van der Waals surface area contributed by atoms with E-state index >= 15 is 0 Å². The topological polar surface area (TPSA) is 52.6 Å². The summed E-state index contributed by atoms with van der Waals surface area (Å²) in [6, 6.07) is 0. The molecule has 0 radical (unpaired) electrons. The highest BCUT2D eigenvalue weighted by Crippen LogP contribution is 2.67. The van der Waals surface area contributed by atoms with E-state index in [1.165, 1.54) is 0 Å². The Morgan fingerprint density at radius 1 is 1.17 bits per heavy atom. The fourth-order valence-corrected chi connectivity index (χ4v) is 7.14. The van der Waals surface area contributed by atoms with Gasteiger partial charge in [0.2, 0.25) is 0 Å². The fourth-order valence-electron chi connectivity index (χ4n) is 5.26. The molecule has 3 saturated heterocycles. The van der Waals surface area contributed by atoms with Crippen LogP contribution in [0.15, 0.2) is 0 Å². The van der Waals surface area contributed by atoms with Crippen LogP contribution < -0.4 is 0 Å². The molecule has 0 amide bonds. The quantitative estimate of drug-likeness (QED) is 0.722.